The molecule has 5 rings (SSSR count). The van der Waals surface area contributed by atoms with Gasteiger partial charge < -0.3 is 10.2 Å². The summed E-state index contributed by atoms with van der Waals surface area (Å²) in [4.78, 5) is 20.0. The summed E-state index contributed by atoms with van der Waals surface area (Å²) in [6.45, 7) is 2.10. The molecule has 0 aromatic heterocycles. The Morgan fingerprint density at radius 3 is 2.55 bits per heavy atom. The van der Waals surface area contributed by atoms with Gasteiger partial charge in [-0.05, 0) is 49.3 Å². The molecule has 1 saturated heterocycles. The Labute approximate surface area is 185 Å². The molecule has 1 saturated carbocycles. The van der Waals surface area contributed by atoms with Gasteiger partial charge in [-0.1, -0.05) is 49.6 Å². The number of allylic oxidation sites excluding steroid dienone is 3. The Morgan fingerprint density at radius 2 is 1.77 bits per heavy atom. The van der Waals surface area contributed by atoms with Gasteiger partial charge in [-0.15, -0.1) is 0 Å². The van der Waals surface area contributed by atoms with E-state index in [1.807, 2.05) is 12.3 Å². The second-order valence-electron chi connectivity index (χ2n) is 9.31. The molecule has 0 atom stereocenters. The Bertz CT molecular complexity index is 941. The van der Waals surface area contributed by atoms with Crippen LogP contribution in [-0.4, -0.2) is 30.1 Å². The number of hydrogen-bond donors (Lipinski definition) is 1. The van der Waals surface area contributed by atoms with Crippen molar-refractivity contribution in [1.82, 2.24) is 4.90 Å². The zero-order valence-corrected chi connectivity index (χ0v) is 18.4. The first kappa shape index (κ1) is 20.3. The van der Waals surface area contributed by atoms with Gasteiger partial charge in [0.05, 0.1) is 0 Å². The molecule has 4 aliphatic rings. The van der Waals surface area contributed by atoms with Crippen LogP contribution in [0.4, 0.5) is 5.69 Å². The predicted octanol–water partition coefficient (Wildman–Crippen LogP) is 5.96. The summed E-state index contributed by atoms with van der Waals surface area (Å²) >= 11 is 0. The molecule has 1 N–H and O–H groups in total. The van der Waals surface area contributed by atoms with Gasteiger partial charge in [0.15, 0.2) is 0 Å². The zero-order valence-electron chi connectivity index (χ0n) is 18.4. The second-order valence-corrected chi connectivity index (χ2v) is 9.31. The van der Waals surface area contributed by atoms with E-state index in [4.69, 9.17) is 0 Å². The summed E-state index contributed by atoms with van der Waals surface area (Å²) in [5, 5.41) is 3.22. The molecule has 1 amide bonds. The highest BCUT2D eigenvalue weighted by Crippen LogP contribution is 2.37. The summed E-state index contributed by atoms with van der Waals surface area (Å²) in [6, 6.07) is 8.39. The van der Waals surface area contributed by atoms with Crippen LogP contribution in [0.2, 0.25) is 0 Å². The van der Waals surface area contributed by atoms with Crippen molar-refractivity contribution >= 4 is 17.8 Å². The van der Waals surface area contributed by atoms with Crippen LogP contribution >= 0.6 is 0 Å². The predicted molar refractivity (Wildman–Crippen MR) is 127 cm³/mol. The third-order valence-corrected chi connectivity index (χ3v) is 7.36. The Kier molecular flexibility index (Phi) is 6.06. The van der Waals surface area contributed by atoms with Crippen molar-refractivity contribution in [1.29, 1.82) is 0 Å². The number of para-hydroxylation sites is 1. The van der Waals surface area contributed by atoms with Crippen LogP contribution in [-0.2, 0) is 4.79 Å². The summed E-state index contributed by atoms with van der Waals surface area (Å²) in [6.07, 6.45) is 19.0. The van der Waals surface area contributed by atoms with E-state index < -0.39 is 0 Å². The maximum absolute atomic E-state index is 13.0. The van der Waals surface area contributed by atoms with Gasteiger partial charge in [0.2, 0.25) is 0 Å². The molecule has 2 aliphatic heterocycles. The van der Waals surface area contributed by atoms with E-state index in [1.165, 1.54) is 49.1 Å². The number of likely N-dealkylation sites (tertiary alicyclic amines) is 1. The summed E-state index contributed by atoms with van der Waals surface area (Å²) in [7, 11) is 0. The fraction of sp³-hybridized carbons (Fsp3) is 0.481. The van der Waals surface area contributed by atoms with Crippen molar-refractivity contribution in [3.8, 4) is 0 Å². The number of aliphatic imine (C=N–C) groups is 1. The molecular formula is C27H33N3O. The van der Waals surface area contributed by atoms with Gasteiger partial charge in [-0.2, -0.15) is 0 Å². The fourth-order valence-corrected chi connectivity index (χ4v) is 5.58. The lowest BCUT2D eigenvalue weighted by atomic mass is 9.83. The number of carbonyl (C=O) groups is 1. The van der Waals surface area contributed by atoms with Crippen molar-refractivity contribution in [2.75, 3.05) is 18.4 Å². The molecule has 1 aromatic carbocycles. The first-order valence-electron chi connectivity index (χ1n) is 12.1. The van der Waals surface area contributed by atoms with Gasteiger partial charge in [0.25, 0.3) is 5.91 Å². The lowest BCUT2D eigenvalue weighted by Crippen LogP contribution is -2.33. The normalized spacial score (nSPS) is 22.3. The lowest BCUT2D eigenvalue weighted by molar-refractivity contribution is -0.112. The minimum atomic E-state index is 0.0265. The molecule has 4 nitrogen and oxygen atoms in total. The highest BCUT2D eigenvalue weighted by Gasteiger charge is 2.26. The second kappa shape index (κ2) is 9.25. The van der Waals surface area contributed by atoms with Gasteiger partial charge in [-0.25, -0.2) is 0 Å². The summed E-state index contributed by atoms with van der Waals surface area (Å²) in [5.41, 5.74) is 5.68. The average molecular weight is 416 g/mol. The third-order valence-electron chi connectivity index (χ3n) is 7.36. The SMILES string of the molecule is O=C(Nc1ccccc1C1CCCCC1)C1=CCC(N2CCC(C3=CCC=N3)CC2)=C1. The van der Waals surface area contributed by atoms with Crippen molar-refractivity contribution in [2.45, 2.75) is 63.7 Å². The topological polar surface area (TPSA) is 44.7 Å². The first-order chi connectivity index (χ1) is 15.3. The third kappa shape index (κ3) is 4.53. The number of benzene rings is 1. The molecule has 0 radical (unpaired) electrons. The van der Waals surface area contributed by atoms with E-state index in [-0.39, 0.29) is 5.91 Å². The monoisotopic (exact) mass is 415 g/mol. The molecule has 0 spiro atoms. The number of nitrogens with zero attached hydrogens (tertiary/aromatic N) is 2. The number of hydrogen-bond acceptors (Lipinski definition) is 3. The molecule has 2 aliphatic carbocycles. The lowest BCUT2D eigenvalue weighted by Gasteiger charge is -2.34. The van der Waals surface area contributed by atoms with Gasteiger partial charge >= 0.3 is 0 Å². The molecular weight excluding hydrogens is 382 g/mol. The van der Waals surface area contributed by atoms with Crippen molar-refractivity contribution < 1.29 is 4.79 Å². The number of amides is 1. The van der Waals surface area contributed by atoms with E-state index in [1.54, 1.807) is 0 Å². The molecule has 31 heavy (non-hydrogen) atoms. The number of rotatable bonds is 5. The van der Waals surface area contributed by atoms with Gasteiger partial charge in [0, 0.05) is 60.7 Å². The van der Waals surface area contributed by atoms with Gasteiger partial charge in [-0.3, -0.25) is 9.79 Å². The number of carbonyl (C=O) groups excluding carboxylic acids is 1. The average Bonchev–Trinajstić information content (AvgIpc) is 3.53. The van der Waals surface area contributed by atoms with Gasteiger partial charge in [0.1, 0.15) is 0 Å². The molecule has 162 valence electrons. The summed E-state index contributed by atoms with van der Waals surface area (Å²) < 4.78 is 0. The number of nitrogens with one attached hydrogen (secondary N) is 1. The van der Waals surface area contributed by atoms with Crippen molar-refractivity contribution in [2.24, 2.45) is 10.9 Å². The summed E-state index contributed by atoms with van der Waals surface area (Å²) in [5.74, 6) is 1.21. The van der Waals surface area contributed by atoms with Crippen LogP contribution in [0, 0.1) is 5.92 Å². The van der Waals surface area contributed by atoms with Crippen LogP contribution in [0.5, 0.6) is 0 Å². The highest BCUT2D eigenvalue weighted by molar-refractivity contribution is 6.06. The van der Waals surface area contributed by atoms with E-state index in [0.29, 0.717) is 11.8 Å². The maximum atomic E-state index is 13.0. The largest absolute Gasteiger partial charge is 0.375 e. The standard InChI is InChI=1S/C27H33N3O/c31-27(29-26-10-5-4-9-24(26)20-7-2-1-3-8-20)22-12-13-23(19-22)30-17-14-21(15-18-30)25-11-6-16-28-25/h4-5,9-12,16,19-21H,1-3,6-8,13-15,17-18H2,(H,29,31). The van der Waals surface area contributed by atoms with E-state index in [9.17, 15) is 4.79 Å². The van der Waals surface area contributed by atoms with Crippen LogP contribution < -0.4 is 5.32 Å². The van der Waals surface area contributed by atoms with Crippen LogP contribution in [0.25, 0.3) is 0 Å². The van der Waals surface area contributed by atoms with Crippen LogP contribution in [0.3, 0.4) is 0 Å². The Hall–Kier alpha value is -2.62. The Morgan fingerprint density at radius 1 is 0.968 bits per heavy atom. The highest BCUT2D eigenvalue weighted by atomic mass is 16.1. The molecule has 0 unspecified atom stereocenters. The molecule has 2 fully saturated rings. The van der Waals surface area contributed by atoms with E-state index in [2.05, 4.69) is 51.6 Å². The number of anilines is 1. The van der Waals surface area contributed by atoms with Crippen molar-refractivity contribution in [3.63, 3.8) is 0 Å². The molecule has 1 aromatic rings. The van der Waals surface area contributed by atoms with Crippen LogP contribution in [0.1, 0.15) is 69.3 Å². The number of piperidine rings is 1. The fourth-order valence-electron chi connectivity index (χ4n) is 5.58. The smallest absolute Gasteiger partial charge is 0.255 e. The van der Waals surface area contributed by atoms with E-state index >= 15 is 0 Å². The zero-order chi connectivity index (χ0) is 21.0. The minimum Gasteiger partial charge on any atom is -0.375 e. The minimum absolute atomic E-state index is 0.0265. The van der Waals surface area contributed by atoms with E-state index in [0.717, 1.165) is 50.0 Å². The quantitative estimate of drug-likeness (QED) is 0.645. The maximum Gasteiger partial charge on any atom is 0.255 e. The van der Waals surface area contributed by atoms with Crippen LogP contribution in [0.15, 0.2) is 64.5 Å². The molecule has 2 heterocycles. The molecule has 0 bridgehead atoms. The molecule has 4 heteroatoms. The first-order valence-corrected chi connectivity index (χ1v) is 12.1. The van der Waals surface area contributed by atoms with Crippen molar-refractivity contribution in [3.05, 3.63) is 65.0 Å². The Balaban J connectivity index is 1.20.